The molecule has 5 heteroatoms. The van der Waals surface area contributed by atoms with Crippen LogP contribution in [0.5, 0.6) is 0 Å². The summed E-state index contributed by atoms with van der Waals surface area (Å²) in [4.78, 5) is 23.0. The Bertz CT molecular complexity index is 462. The van der Waals surface area contributed by atoms with Crippen molar-refractivity contribution in [3.05, 3.63) is 22.6 Å². The van der Waals surface area contributed by atoms with Crippen LogP contribution in [-0.4, -0.2) is 23.0 Å². The SMILES string of the molecule is CCC[C@@H](NC(=O)c1c(C)oc(C)c1C)C(=O)O. The van der Waals surface area contributed by atoms with Crippen molar-refractivity contribution in [3.8, 4) is 0 Å². The van der Waals surface area contributed by atoms with Gasteiger partial charge in [0.1, 0.15) is 17.6 Å². The monoisotopic (exact) mass is 253 g/mol. The number of aryl methyl sites for hydroxylation is 2. The number of amides is 1. The fourth-order valence-corrected chi connectivity index (χ4v) is 1.90. The van der Waals surface area contributed by atoms with E-state index in [-0.39, 0.29) is 5.91 Å². The smallest absolute Gasteiger partial charge is 0.326 e. The number of carbonyl (C=O) groups excluding carboxylic acids is 1. The minimum atomic E-state index is -1.01. The zero-order chi connectivity index (χ0) is 13.9. The van der Waals surface area contributed by atoms with E-state index in [2.05, 4.69) is 5.32 Å². The lowest BCUT2D eigenvalue weighted by Crippen LogP contribution is -2.40. The quantitative estimate of drug-likeness (QED) is 0.843. The average molecular weight is 253 g/mol. The lowest BCUT2D eigenvalue weighted by atomic mass is 10.1. The number of rotatable bonds is 5. The Morgan fingerprint density at radius 1 is 1.28 bits per heavy atom. The third-order valence-electron chi connectivity index (χ3n) is 2.97. The number of carboxylic acids is 1. The van der Waals surface area contributed by atoms with Crippen LogP contribution < -0.4 is 5.32 Å². The van der Waals surface area contributed by atoms with E-state index in [1.807, 2.05) is 6.92 Å². The van der Waals surface area contributed by atoms with Gasteiger partial charge in [-0.15, -0.1) is 0 Å². The fraction of sp³-hybridized carbons (Fsp3) is 0.538. The standard InChI is InChI=1S/C13H19NO4/c1-5-6-10(13(16)17)14-12(15)11-7(2)8(3)18-9(11)4/h10H,5-6H2,1-4H3,(H,14,15)(H,16,17)/t10-/m1/s1. The molecule has 1 heterocycles. The van der Waals surface area contributed by atoms with Gasteiger partial charge >= 0.3 is 5.97 Å². The fourth-order valence-electron chi connectivity index (χ4n) is 1.90. The highest BCUT2D eigenvalue weighted by Crippen LogP contribution is 2.20. The Kier molecular flexibility index (Phi) is 4.53. The molecule has 0 radical (unpaired) electrons. The average Bonchev–Trinajstić information content (AvgIpc) is 2.52. The van der Waals surface area contributed by atoms with E-state index in [9.17, 15) is 9.59 Å². The molecule has 5 nitrogen and oxygen atoms in total. The largest absolute Gasteiger partial charge is 0.480 e. The minimum Gasteiger partial charge on any atom is -0.480 e. The Labute approximate surface area is 106 Å². The van der Waals surface area contributed by atoms with E-state index in [0.717, 1.165) is 5.56 Å². The summed E-state index contributed by atoms with van der Waals surface area (Å²) in [6, 6.07) is -0.850. The van der Waals surface area contributed by atoms with Crippen LogP contribution in [0.1, 0.15) is 47.2 Å². The van der Waals surface area contributed by atoms with Crippen LogP contribution in [0.25, 0.3) is 0 Å². The van der Waals surface area contributed by atoms with Gasteiger partial charge in [0.2, 0.25) is 0 Å². The van der Waals surface area contributed by atoms with Crippen molar-refractivity contribution in [2.75, 3.05) is 0 Å². The molecule has 1 aromatic rings. The first-order valence-corrected chi connectivity index (χ1v) is 5.98. The summed E-state index contributed by atoms with van der Waals surface area (Å²) < 4.78 is 5.36. The summed E-state index contributed by atoms with van der Waals surface area (Å²) in [6.07, 6.45) is 1.11. The molecule has 100 valence electrons. The van der Waals surface area contributed by atoms with Gasteiger partial charge < -0.3 is 14.8 Å². The topological polar surface area (TPSA) is 79.5 Å². The molecule has 0 unspecified atom stereocenters. The van der Waals surface area contributed by atoms with Gasteiger partial charge in [-0.2, -0.15) is 0 Å². The van der Waals surface area contributed by atoms with Crippen LogP contribution in [-0.2, 0) is 4.79 Å². The number of nitrogens with one attached hydrogen (secondary N) is 1. The van der Waals surface area contributed by atoms with E-state index in [1.165, 1.54) is 0 Å². The third kappa shape index (κ3) is 2.91. The number of aliphatic carboxylic acids is 1. The molecule has 0 saturated heterocycles. The van der Waals surface area contributed by atoms with Gasteiger partial charge in [-0.05, 0) is 27.2 Å². The summed E-state index contributed by atoms with van der Waals surface area (Å²) >= 11 is 0. The van der Waals surface area contributed by atoms with Crippen molar-refractivity contribution in [1.82, 2.24) is 5.32 Å². The van der Waals surface area contributed by atoms with Gasteiger partial charge in [-0.25, -0.2) is 4.79 Å². The van der Waals surface area contributed by atoms with Gasteiger partial charge in [-0.3, -0.25) is 4.79 Å². The van der Waals surface area contributed by atoms with Crippen molar-refractivity contribution in [2.45, 2.75) is 46.6 Å². The van der Waals surface area contributed by atoms with E-state index in [4.69, 9.17) is 9.52 Å². The van der Waals surface area contributed by atoms with E-state index < -0.39 is 12.0 Å². The number of hydrogen-bond donors (Lipinski definition) is 2. The first-order valence-electron chi connectivity index (χ1n) is 5.98. The molecule has 0 aliphatic carbocycles. The molecular weight excluding hydrogens is 234 g/mol. The molecule has 18 heavy (non-hydrogen) atoms. The predicted molar refractivity (Wildman–Crippen MR) is 66.7 cm³/mol. The molecule has 1 amide bonds. The summed E-state index contributed by atoms with van der Waals surface area (Å²) in [5.74, 6) is -0.202. The predicted octanol–water partition coefficient (Wildman–Crippen LogP) is 2.19. The number of furan rings is 1. The van der Waals surface area contributed by atoms with Crippen LogP contribution >= 0.6 is 0 Å². The number of carbonyl (C=O) groups is 2. The summed E-state index contributed by atoms with van der Waals surface area (Å²) in [6.45, 7) is 7.14. The number of carboxylic acid groups (broad SMARTS) is 1. The maximum atomic E-state index is 12.1. The van der Waals surface area contributed by atoms with E-state index in [0.29, 0.717) is 29.9 Å². The lowest BCUT2D eigenvalue weighted by molar-refractivity contribution is -0.139. The maximum absolute atomic E-state index is 12.1. The Balaban J connectivity index is 2.90. The Hall–Kier alpha value is -1.78. The minimum absolute atomic E-state index is 0.386. The molecule has 1 aromatic heterocycles. The van der Waals surface area contributed by atoms with Crippen molar-refractivity contribution < 1.29 is 19.1 Å². The molecule has 0 aromatic carbocycles. The molecule has 0 saturated carbocycles. The molecule has 2 N–H and O–H groups in total. The van der Waals surface area contributed by atoms with Crippen LogP contribution in [0.15, 0.2) is 4.42 Å². The van der Waals surface area contributed by atoms with Crippen molar-refractivity contribution in [2.24, 2.45) is 0 Å². The molecule has 1 atom stereocenters. The molecule has 0 bridgehead atoms. The molecular formula is C13H19NO4. The normalized spacial score (nSPS) is 12.2. The van der Waals surface area contributed by atoms with Crippen LogP contribution in [0, 0.1) is 20.8 Å². The zero-order valence-corrected chi connectivity index (χ0v) is 11.2. The van der Waals surface area contributed by atoms with Crippen molar-refractivity contribution >= 4 is 11.9 Å². The highest BCUT2D eigenvalue weighted by molar-refractivity contribution is 5.98. The highest BCUT2D eigenvalue weighted by atomic mass is 16.4. The second-order valence-corrected chi connectivity index (χ2v) is 4.37. The van der Waals surface area contributed by atoms with E-state index >= 15 is 0 Å². The van der Waals surface area contributed by atoms with Crippen LogP contribution in [0.4, 0.5) is 0 Å². The second-order valence-electron chi connectivity index (χ2n) is 4.37. The zero-order valence-electron chi connectivity index (χ0n) is 11.2. The molecule has 0 spiro atoms. The summed E-state index contributed by atoms with van der Waals surface area (Å²) in [7, 11) is 0. The Morgan fingerprint density at radius 3 is 2.28 bits per heavy atom. The summed E-state index contributed by atoms with van der Waals surface area (Å²) in [5, 5.41) is 11.5. The molecule has 0 fully saturated rings. The van der Waals surface area contributed by atoms with Crippen LogP contribution in [0.3, 0.4) is 0 Å². The van der Waals surface area contributed by atoms with Gasteiger partial charge in [0.15, 0.2) is 0 Å². The highest BCUT2D eigenvalue weighted by Gasteiger charge is 2.24. The van der Waals surface area contributed by atoms with Gasteiger partial charge in [-0.1, -0.05) is 13.3 Å². The van der Waals surface area contributed by atoms with Gasteiger partial charge in [0, 0.05) is 5.56 Å². The lowest BCUT2D eigenvalue weighted by Gasteiger charge is -2.13. The summed E-state index contributed by atoms with van der Waals surface area (Å²) in [5.41, 5.74) is 1.19. The van der Waals surface area contributed by atoms with Crippen molar-refractivity contribution in [1.29, 1.82) is 0 Å². The first-order chi connectivity index (χ1) is 8.38. The maximum Gasteiger partial charge on any atom is 0.326 e. The molecule has 0 aliphatic rings. The third-order valence-corrected chi connectivity index (χ3v) is 2.97. The van der Waals surface area contributed by atoms with Crippen molar-refractivity contribution in [3.63, 3.8) is 0 Å². The van der Waals surface area contributed by atoms with Crippen LogP contribution in [0.2, 0.25) is 0 Å². The van der Waals surface area contributed by atoms with Gasteiger partial charge in [0.05, 0.1) is 5.56 Å². The molecule has 1 rings (SSSR count). The van der Waals surface area contributed by atoms with E-state index in [1.54, 1.807) is 20.8 Å². The molecule has 0 aliphatic heterocycles. The van der Waals surface area contributed by atoms with Gasteiger partial charge in [0.25, 0.3) is 5.91 Å². The Morgan fingerprint density at radius 2 is 1.89 bits per heavy atom. The first kappa shape index (κ1) is 14.3. The number of hydrogen-bond acceptors (Lipinski definition) is 3. The second kappa shape index (κ2) is 5.71.